The third kappa shape index (κ3) is 3.69. The molecule has 0 amide bonds. The van der Waals surface area contributed by atoms with E-state index in [1.54, 1.807) is 0 Å². The first kappa shape index (κ1) is 15.2. The predicted octanol–water partition coefficient (Wildman–Crippen LogP) is 0.763. The van der Waals surface area contributed by atoms with E-state index in [0.717, 1.165) is 18.8 Å². The highest BCUT2D eigenvalue weighted by atomic mass is 16.3. The Kier molecular flexibility index (Phi) is 5.23. The van der Waals surface area contributed by atoms with Gasteiger partial charge in [-0.25, -0.2) is 0 Å². The molecular weight excluding hydrogens is 238 g/mol. The van der Waals surface area contributed by atoms with Crippen LogP contribution in [0.25, 0.3) is 0 Å². The fourth-order valence-electron chi connectivity index (χ4n) is 3.69. The van der Waals surface area contributed by atoms with Crippen molar-refractivity contribution < 1.29 is 5.11 Å². The summed E-state index contributed by atoms with van der Waals surface area (Å²) < 4.78 is 0. The Morgan fingerprint density at radius 2 is 1.95 bits per heavy atom. The zero-order valence-electron chi connectivity index (χ0n) is 12.9. The molecule has 1 aliphatic carbocycles. The molecule has 0 aromatic rings. The topological polar surface area (TPSA) is 38.7 Å². The average Bonchev–Trinajstić information content (AvgIpc) is 2.84. The van der Waals surface area contributed by atoms with E-state index in [4.69, 9.17) is 0 Å². The van der Waals surface area contributed by atoms with Crippen LogP contribution in [0.4, 0.5) is 0 Å². The number of nitrogens with one attached hydrogen (secondary N) is 1. The van der Waals surface area contributed by atoms with Crippen molar-refractivity contribution in [1.29, 1.82) is 0 Å². The molecule has 19 heavy (non-hydrogen) atoms. The van der Waals surface area contributed by atoms with Crippen LogP contribution in [0.15, 0.2) is 0 Å². The Labute approximate surface area is 118 Å². The first-order valence-corrected chi connectivity index (χ1v) is 7.85. The van der Waals surface area contributed by atoms with Crippen molar-refractivity contribution in [1.82, 2.24) is 15.1 Å². The molecule has 0 aromatic carbocycles. The highest BCUT2D eigenvalue weighted by Gasteiger charge is 2.40. The lowest BCUT2D eigenvalue weighted by Gasteiger charge is -2.39. The summed E-state index contributed by atoms with van der Waals surface area (Å²) in [6.07, 6.45) is 3.44. The summed E-state index contributed by atoms with van der Waals surface area (Å²) in [7, 11) is 1.99. The van der Waals surface area contributed by atoms with Gasteiger partial charge >= 0.3 is 0 Å². The molecule has 1 saturated carbocycles. The van der Waals surface area contributed by atoms with Crippen LogP contribution in [-0.2, 0) is 0 Å². The van der Waals surface area contributed by atoms with E-state index in [1.165, 1.54) is 39.1 Å². The predicted molar refractivity (Wildman–Crippen MR) is 79.4 cm³/mol. The molecule has 1 saturated heterocycles. The van der Waals surface area contributed by atoms with E-state index in [9.17, 15) is 5.11 Å². The number of hydrogen-bond acceptors (Lipinski definition) is 4. The number of hydrogen-bond donors (Lipinski definition) is 2. The lowest BCUT2D eigenvalue weighted by molar-refractivity contribution is 0.0833. The number of likely N-dealkylation sites (N-methyl/N-ethyl adjacent to an activating group) is 1. The summed E-state index contributed by atoms with van der Waals surface area (Å²) in [4.78, 5) is 5.24. The second-order valence-corrected chi connectivity index (χ2v) is 6.82. The molecule has 2 rings (SSSR count). The lowest BCUT2D eigenvalue weighted by atomic mass is 9.98. The number of nitrogens with zero attached hydrogens (tertiary/aromatic N) is 2. The van der Waals surface area contributed by atoms with Gasteiger partial charge in [-0.15, -0.1) is 0 Å². The van der Waals surface area contributed by atoms with Gasteiger partial charge in [-0.1, -0.05) is 13.8 Å². The normalized spacial score (nSPS) is 34.3. The molecule has 0 radical (unpaired) electrons. The van der Waals surface area contributed by atoms with Crippen LogP contribution in [0.5, 0.6) is 0 Å². The van der Waals surface area contributed by atoms with E-state index in [1.807, 2.05) is 7.05 Å². The van der Waals surface area contributed by atoms with Gasteiger partial charge in [0.1, 0.15) is 0 Å². The Bertz CT molecular complexity index is 271. The van der Waals surface area contributed by atoms with Crippen molar-refractivity contribution in [2.45, 2.75) is 44.7 Å². The van der Waals surface area contributed by atoms with Crippen LogP contribution in [-0.4, -0.2) is 72.9 Å². The number of rotatable bonds is 5. The fourth-order valence-corrected chi connectivity index (χ4v) is 3.69. The average molecular weight is 269 g/mol. The summed E-state index contributed by atoms with van der Waals surface area (Å²) in [6.45, 7) is 10.9. The van der Waals surface area contributed by atoms with Gasteiger partial charge in [-0.3, -0.25) is 4.90 Å². The molecule has 4 nitrogen and oxygen atoms in total. The largest absolute Gasteiger partial charge is 0.394 e. The molecular formula is C15H31N3O. The second-order valence-electron chi connectivity index (χ2n) is 6.82. The quantitative estimate of drug-likeness (QED) is 0.773. The van der Waals surface area contributed by atoms with Crippen LogP contribution in [0.1, 0.15) is 33.1 Å². The van der Waals surface area contributed by atoms with Crippen LogP contribution in [0.2, 0.25) is 0 Å². The van der Waals surface area contributed by atoms with Crippen molar-refractivity contribution in [3.05, 3.63) is 0 Å². The van der Waals surface area contributed by atoms with Crippen molar-refractivity contribution >= 4 is 0 Å². The Hall–Kier alpha value is -0.160. The minimum Gasteiger partial charge on any atom is -0.394 e. The van der Waals surface area contributed by atoms with Crippen LogP contribution in [0, 0.1) is 5.92 Å². The Balaban J connectivity index is 1.79. The first-order chi connectivity index (χ1) is 9.08. The number of aliphatic hydroxyl groups excluding tert-OH is 1. The highest BCUT2D eigenvalue weighted by molar-refractivity contribution is 4.99. The maximum absolute atomic E-state index is 9.58. The van der Waals surface area contributed by atoms with Gasteiger partial charge in [0.25, 0.3) is 0 Å². The van der Waals surface area contributed by atoms with E-state index < -0.39 is 0 Å². The minimum atomic E-state index is -0.0142. The van der Waals surface area contributed by atoms with E-state index in [2.05, 4.69) is 29.0 Å². The molecule has 0 spiro atoms. The van der Waals surface area contributed by atoms with Gasteiger partial charge in [0, 0.05) is 44.3 Å². The molecule has 1 heterocycles. The van der Waals surface area contributed by atoms with Crippen molar-refractivity contribution in [3.8, 4) is 0 Å². The van der Waals surface area contributed by atoms with E-state index >= 15 is 0 Å². The summed E-state index contributed by atoms with van der Waals surface area (Å²) in [5.74, 6) is 0.768. The summed E-state index contributed by atoms with van der Waals surface area (Å²) in [5.41, 5.74) is -0.0142. The Morgan fingerprint density at radius 3 is 2.42 bits per heavy atom. The number of piperazine rings is 1. The molecule has 1 aliphatic heterocycles. The van der Waals surface area contributed by atoms with Crippen LogP contribution < -0.4 is 5.32 Å². The summed E-state index contributed by atoms with van der Waals surface area (Å²) >= 11 is 0. The summed E-state index contributed by atoms with van der Waals surface area (Å²) in [5, 5.41) is 12.9. The molecule has 4 heteroatoms. The molecule has 2 fully saturated rings. The first-order valence-electron chi connectivity index (χ1n) is 7.85. The van der Waals surface area contributed by atoms with Crippen LogP contribution in [0.3, 0.4) is 0 Å². The zero-order chi connectivity index (χ0) is 13.9. The molecule has 0 bridgehead atoms. The van der Waals surface area contributed by atoms with E-state index in [0.29, 0.717) is 6.04 Å². The van der Waals surface area contributed by atoms with Gasteiger partial charge in [0.15, 0.2) is 0 Å². The van der Waals surface area contributed by atoms with Gasteiger partial charge in [-0.05, 0) is 32.2 Å². The van der Waals surface area contributed by atoms with E-state index in [-0.39, 0.29) is 12.1 Å². The molecule has 112 valence electrons. The number of aliphatic hydroxyl groups is 1. The van der Waals surface area contributed by atoms with Crippen molar-refractivity contribution in [2.24, 2.45) is 5.92 Å². The third-order valence-electron chi connectivity index (χ3n) is 4.96. The zero-order valence-corrected chi connectivity index (χ0v) is 12.9. The van der Waals surface area contributed by atoms with Crippen molar-refractivity contribution in [3.63, 3.8) is 0 Å². The molecule has 0 aromatic heterocycles. The Morgan fingerprint density at radius 1 is 1.26 bits per heavy atom. The minimum absolute atomic E-state index is 0.0142. The van der Waals surface area contributed by atoms with Gasteiger partial charge in [-0.2, -0.15) is 0 Å². The van der Waals surface area contributed by atoms with Crippen LogP contribution >= 0.6 is 0 Å². The highest BCUT2D eigenvalue weighted by Crippen LogP contribution is 2.33. The molecule has 2 unspecified atom stereocenters. The monoisotopic (exact) mass is 269 g/mol. The molecule has 2 atom stereocenters. The maximum Gasteiger partial charge on any atom is 0.0613 e. The van der Waals surface area contributed by atoms with Gasteiger partial charge < -0.3 is 15.3 Å². The fraction of sp³-hybridized carbons (Fsp3) is 1.00. The molecule has 2 N–H and O–H groups in total. The smallest absolute Gasteiger partial charge is 0.0613 e. The van der Waals surface area contributed by atoms with Gasteiger partial charge in [0.05, 0.1) is 6.61 Å². The molecule has 2 aliphatic rings. The SMILES string of the molecule is CNC1(CO)CCC(N2CCN(CC(C)C)CC2)C1. The maximum atomic E-state index is 9.58. The second kappa shape index (κ2) is 6.53. The summed E-state index contributed by atoms with van der Waals surface area (Å²) in [6, 6.07) is 0.667. The van der Waals surface area contributed by atoms with Crippen molar-refractivity contribution in [2.75, 3.05) is 46.4 Å². The lowest BCUT2D eigenvalue weighted by Crippen LogP contribution is -2.52. The third-order valence-corrected chi connectivity index (χ3v) is 4.96. The standard InChI is InChI=1S/C15H31N3O/c1-13(2)11-17-6-8-18(9-7-17)14-4-5-15(10-14,12-19)16-3/h13-14,16,19H,4-12H2,1-3H3. The van der Waals surface area contributed by atoms with Gasteiger partial charge in [0.2, 0.25) is 0 Å².